The summed E-state index contributed by atoms with van der Waals surface area (Å²) >= 11 is 1.81. The van der Waals surface area contributed by atoms with Crippen LogP contribution >= 0.6 is 11.3 Å². The molecule has 0 aliphatic rings. The number of fused-ring (bicyclic) bond motifs is 11. The van der Waals surface area contributed by atoms with Crippen LogP contribution in [0.25, 0.3) is 80.0 Å². The molecule has 5 nitrogen and oxygen atoms in total. The van der Waals surface area contributed by atoms with Gasteiger partial charge in [-0.05, 0) is 42.5 Å². The van der Waals surface area contributed by atoms with E-state index >= 15 is 0 Å². The van der Waals surface area contributed by atoms with E-state index in [2.05, 4.69) is 111 Å². The second-order valence-electron chi connectivity index (χ2n) is 11.0. The molecular weight excluding hydrogens is 571 g/mol. The number of aromatic nitrogens is 2. The highest BCUT2D eigenvalue weighted by Gasteiger charge is 2.23. The number of hydrogen-bond acceptors (Lipinski definition) is 3. The van der Waals surface area contributed by atoms with Crippen molar-refractivity contribution in [3.05, 3.63) is 138 Å². The second-order valence-corrected chi connectivity index (χ2v) is 12.0. The van der Waals surface area contributed by atoms with Crippen LogP contribution in [0.5, 0.6) is 0 Å². The van der Waals surface area contributed by atoms with E-state index in [-0.39, 0.29) is 16.8 Å². The molecule has 0 aliphatic carbocycles. The van der Waals surface area contributed by atoms with Gasteiger partial charge in [0, 0.05) is 47.4 Å². The molecule has 45 heavy (non-hydrogen) atoms. The molecule has 9 rings (SSSR count). The van der Waals surface area contributed by atoms with Crippen LogP contribution < -0.4 is 0 Å². The van der Waals surface area contributed by atoms with E-state index < -0.39 is 0 Å². The van der Waals surface area contributed by atoms with Gasteiger partial charge >= 0.3 is 0 Å². The van der Waals surface area contributed by atoms with Crippen LogP contribution in [0.3, 0.4) is 0 Å². The van der Waals surface area contributed by atoms with E-state index in [0.717, 1.165) is 27.5 Å². The monoisotopic (exact) mass is 589 g/mol. The number of rotatable bonds is 2. The number of nitriles is 2. The Morgan fingerprint density at radius 2 is 1.09 bits per heavy atom. The highest BCUT2D eigenvalue weighted by Crippen LogP contribution is 2.47. The fourth-order valence-electron chi connectivity index (χ4n) is 7.00. The van der Waals surface area contributed by atoms with Crippen molar-refractivity contribution in [1.82, 2.24) is 9.13 Å². The zero-order chi connectivity index (χ0) is 30.2. The van der Waals surface area contributed by atoms with Crippen LogP contribution in [0.2, 0.25) is 0 Å². The molecule has 0 aliphatic heterocycles. The molecule has 206 valence electrons. The van der Waals surface area contributed by atoms with Gasteiger partial charge < -0.3 is 9.13 Å². The van der Waals surface area contributed by atoms with Crippen molar-refractivity contribution >= 4 is 80.8 Å². The van der Waals surface area contributed by atoms with E-state index in [4.69, 9.17) is 6.57 Å². The normalized spacial score (nSPS) is 11.5. The van der Waals surface area contributed by atoms with Crippen molar-refractivity contribution in [3.63, 3.8) is 0 Å². The van der Waals surface area contributed by atoms with Gasteiger partial charge in [-0.3, -0.25) is 0 Å². The van der Waals surface area contributed by atoms with Gasteiger partial charge in [-0.25, -0.2) is 4.85 Å². The molecule has 0 saturated carbocycles. The fraction of sp³-hybridized carbons (Fsp3) is 0. The summed E-state index contributed by atoms with van der Waals surface area (Å²) in [4.78, 5) is 3.50. The predicted octanol–water partition coefficient (Wildman–Crippen LogP) is 10.5. The van der Waals surface area contributed by atoms with Crippen molar-refractivity contribution in [2.24, 2.45) is 0 Å². The average Bonchev–Trinajstić information content (AvgIpc) is 3.75. The van der Waals surface area contributed by atoms with Crippen molar-refractivity contribution < 1.29 is 0 Å². The Kier molecular flexibility index (Phi) is 5.20. The summed E-state index contributed by atoms with van der Waals surface area (Å²) in [6, 6.07) is 43.9. The van der Waals surface area contributed by atoms with Crippen LogP contribution in [0.1, 0.15) is 11.1 Å². The van der Waals surface area contributed by atoms with E-state index in [1.54, 1.807) is 12.1 Å². The predicted molar refractivity (Wildman–Crippen MR) is 184 cm³/mol. The Labute approximate surface area is 261 Å². The third-order valence-electron chi connectivity index (χ3n) is 8.84. The highest BCUT2D eigenvalue weighted by atomic mass is 32.1. The second kappa shape index (κ2) is 9.30. The van der Waals surface area contributed by atoms with Crippen molar-refractivity contribution in [3.8, 4) is 23.5 Å². The maximum absolute atomic E-state index is 10.2. The lowest BCUT2D eigenvalue weighted by molar-refractivity contribution is 1.16. The van der Waals surface area contributed by atoms with Gasteiger partial charge in [0.1, 0.15) is 6.07 Å². The molecule has 0 fully saturated rings. The van der Waals surface area contributed by atoms with Gasteiger partial charge in [0.25, 0.3) is 0 Å². The van der Waals surface area contributed by atoms with E-state index in [1.165, 1.54) is 42.0 Å². The molecule has 0 radical (unpaired) electrons. The quantitative estimate of drug-likeness (QED) is 0.188. The van der Waals surface area contributed by atoms with Crippen LogP contribution in [-0.2, 0) is 0 Å². The average molecular weight is 590 g/mol. The molecule has 0 N–H and O–H groups in total. The summed E-state index contributed by atoms with van der Waals surface area (Å²) in [5.41, 5.74) is 6.47. The number of nitrogens with zero attached hydrogens (tertiary/aromatic N) is 5. The number of thiophene rings is 1. The summed E-state index contributed by atoms with van der Waals surface area (Å²) in [5, 5.41) is 27.2. The third-order valence-corrected chi connectivity index (χ3v) is 10.1. The lowest BCUT2D eigenvalue weighted by atomic mass is 10.0. The SMILES string of the molecule is [C-]#[N+]c1ccc(-n2c3ccccc3c3c4sc5c(ccc6c5c5ccccc5n6-c5ccccc5)c4ccc32)c(C#N)c1C#N. The number of benzene rings is 6. The van der Waals surface area contributed by atoms with Crippen molar-refractivity contribution in [2.45, 2.75) is 0 Å². The topological polar surface area (TPSA) is 61.8 Å². The van der Waals surface area contributed by atoms with Gasteiger partial charge in [-0.2, -0.15) is 10.5 Å². The molecule has 0 saturated heterocycles. The Bertz CT molecular complexity index is 2850. The molecule has 3 aromatic heterocycles. The zero-order valence-electron chi connectivity index (χ0n) is 23.6. The first-order valence-corrected chi connectivity index (χ1v) is 15.3. The maximum Gasteiger partial charge on any atom is 0.206 e. The Morgan fingerprint density at radius 1 is 0.533 bits per heavy atom. The Hall–Kier alpha value is -6.39. The van der Waals surface area contributed by atoms with Crippen LogP contribution in [0.4, 0.5) is 5.69 Å². The standard InChI is InChI=1S/C39H19N5S/c1-42-30-17-20-33(29(22-41)28(30)21-40)44-32-14-8-6-12-27(32)37-35(44)19-16-25-24-15-18-34-36(38(24)45-39(25)37)26-11-5-7-13-31(26)43(34)23-9-3-2-4-10-23/h2-20H. The van der Waals surface area contributed by atoms with E-state index in [0.29, 0.717) is 5.69 Å². The van der Waals surface area contributed by atoms with Gasteiger partial charge in [-0.15, -0.1) is 11.3 Å². The molecule has 3 heterocycles. The largest absolute Gasteiger partial charge is 0.309 e. The summed E-state index contributed by atoms with van der Waals surface area (Å²) in [5.74, 6) is 0. The highest BCUT2D eigenvalue weighted by molar-refractivity contribution is 7.27. The lowest BCUT2D eigenvalue weighted by Crippen LogP contribution is -1.99. The summed E-state index contributed by atoms with van der Waals surface area (Å²) in [6.07, 6.45) is 0. The van der Waals surface area contributed by atoms with Gasteiger partial charge in [0.15, 0.2) is 0 Å². The van der Waals surface area contributed by atoms with Gasteiger partial charge in [-0.1, -0.05) is 72.8 Å². The number of hydrogen-bond donors (Lipinski definition) is 0. The minimum atomic E-state index is 0.107. The first kappa shape index (κ1) is 25.1. The summed E-state index contributed by atoms with van der Waals surface area (Å²) in [7, 11) is 0. The Balaban J connectivity index is 1.44. The minimum absolute atomic E-state index is 0.107. The zero-order valence-corrected chi connectivity index (χ0v) is 24.4. The Morgan fingerprint density at radius 3 is 1.69 bits per heavy atom. The van der Waals surface area contributed by atoms with Gasteiger partial charge in [0.05, 0.1) is 51.5 Å². The molecule has 0 spiro atoms. The summed E-state index contributed by atoms with van der Waals surface area (Å²) in [6.45, 7) is 7.53. The van der Waals surface area contributed by atoms with Crippen molar-refractivity contribution in [2.75, 3.05) is 0 Å². The summed E-state index contributed by atoms with van der Waals surface area (Å²) < 4.78 is 6.83. The van der Waals surface area contributed by atoms with E-state index in [1.807, 2.05) is 29.5 Å². The van der Waals surface area contributed by atoms with Crippen LogP contribution in [0, 0.1) is 29.2 Å². The first-order valence-electron chi connectivity index (χ1n) is 14.4. The molecule has 0 unspecified atom stereocenters. The molecule has 0 bridgehead atoms. The minimum Gasteiger partial charge on any atom is -0.309 e. The molecule has 6 heteroatoms. The van der Waals surface area contributed by atoms with Crippen LogP contribution in [0.15, 0.2) is 115 Å². The molecule has 9 aromatic rings. The van der Waals surface area contributed by atoms with Crippen LogP contribution in [-0.4, -0.2) is 9.13 Å². The number of para-hydroxylation sites is 3. The van der Waals surface area contributed by atoms with Crippen molar-refractivity contribution in [1.29, 1.82) is 10.5 Å². The first-order chi connectivity index (χ1) is 22.2. The third kappa shape index (κ3) is 3.28. The molecule has 6 aromatic carbocycles. The lowest BCUT2D eigenvalue weighted by Gasteiger charge is -2.11. The molecule has 0 atom stereocenters. The van der Waals surface area contributed by atoms with Gasteiger partial charge in [0.2, 0.25) is 5.69 Å². The molecule has 0 amide bonds. The molecular formula is C39H19N5S. The smallest absolute Gasteiger partial charge is 0.206 e. The fourth-order valence-corrected chi connectivity index (χ4v) is 8.41. The van der Waals surface area contributed by atoms with E-state index in [9.17, 15) is 10.5 Å². The maximum atomic E-state index is 10.2.